The van der Waals surface area contributed by atoms with E-state index in [0.717, 1.165) is 12.8 Å². The van der Waals surface area contributed by atoms with Gasteiger partial charge in [0.15, 0.2) is 0 Å². The highest BCUT2D eigenvalue weighted by Crippen LogP contribution is 2.58. The summed E-state index contributed by atoms with van der Waals surface area (Å²) >= 11 is 0. The van der Waals surface area contributed by atoms with E-state index in [1.165, 1.54) is 6.42 Å². The Balaban J connectivity index is 1.97. The van der Waals surface area contributed by atoms with Crippen LogP contribution in [0.5, 0.6) is 0 Å². The molecule has 0 unspecified atom stereocenters. The van der Waals surface area contributed by atoms with E-state index in [2.05, 4.69) is 0 Å². The summed E-state index contributed by atoms with van der Waals surface area (Å²) in [5, 5.41) is 0. The minimum absolute atomic E-state index is 0.0706. The van der Waals surface area contributed by atoms with E-state index in [1.807, 2.05) is 0 Å². The van der Waals surface area contributed by atoms with Crippen molar-refractivity contribution in [2.45, 2.75) is 43.9 Å². The van der Waals surface area contributed by atoms with Gasteiger partial charge in [0.25, 0.3) is 0 Å². The summed E-state index contributed by atoms with van der Waals surface area (Å²) in [6.07, 6.45) is 2.99. The van der Waals surface area contributed by atoms with Crippen molar-refractivity contribution in [2.75, 3.05) is 0 Å². The molecule has 0 N–H and O–H groups in total. The van der Waals surface area contributed by atoms with Gasteiger partial charge < -0.3 is 0 Å². The van der Waals surface area contributed by atoms with Crippen molar-refractivity contribution in [2.24, 2.45) is 17.8 Å². The van der Waals surface area contributed by atoms with Crippen molar-refractivity contribution in [3.8, 4) is 0 Å². The Bertz CT molecular complexity index is 200. The third-order valence-corrected chi connectivity index (χ3v) is 4.10. The van der Waals surface area contributed by atoms with Crippen LogP contribution in [0, 0.1) is 17.8 Å². The molecular formula is C10H14F2. The zero-order valence-electron chi connectivity index (χ0n) is 7.10. The smallest absolute Gasteiger partial charge is 0.142 e. The van der Waals surface area contributed by atoms with E-state index in [9.17, 15) is 8.78 Å². The minimum atomic E-state index is -1.41. The first-order valence-electron chi connectivity index (χ1n) is 5.00. The van der Waals surface area contributed by atoms with Crippen LogP contribution in [0.4, 0.5) is 8.78 Å². The fraction of sp³-hybridized carbons (Fsp3) is 1.00. The summed E-state index contributed by atoms with van der Waals surface area (Å²) < 4.78 is 27.4. The monoisotopic (exact) mass is 172 g/mol. The average Bonchev–Trinajstić information content (AvgIpc) is 1.98. The lowest BCUT2D eigenvalue weighted by molar-refractivity contribution is -0.134. The first-order chi connectivity index (χ1) is 5.67. The molecule has 12 heavy (non-hydrogen) atoms. The van der Waals surface area contributed by atoms with Gasteiger partial charge in [0.2, 0.25) is 0 Å². The summed E-state index contributed by atoms with van der Waals surface area (Å²) in [7, 11) is 0. The van der Waals surface area contributed by atoms with Gasteiger partial charge in [-0.25, -0.2) is 8.78 Å². The Kier molecular flexibility index (Phi) is 1.23. The van der Waals surface area contributed by atoms with Crippen molar-refractivity contribution >= 4 is 0 Å². The molecule has 4 saturated carbocycles. The Morgan fingerprint density at radius 2 is 1.58 bits per heavy atom. The average molecular weight is 172 g/mol. The van der Waals surface area contributed by atoms with Gasteiger partial charge in [-0.2, -0.15) is 0 Å². The van der Waals surface area contributed by atoms with Gasteiger partial charge in [-0.05, 0) is 49.9 Å². The highest BCUT2D eigenvalue weighted by molar-refractivity contribution is 5.07. The second-order valence-electron chi connectivity index (χ2n) is 5.04. The van der Waals surface area contributed by atoms with E-state index >= 15 is 0 Å². The standard InChI is InChI=1S/C10H14F2/c11-9-8-2-6-1-7(3-8)5-10(9,12)4-6/h6-9H,1-5H2/t6-,7-,8?,9+,10?/m1/s1. The first-order valence-corrected chi connectivity index (χ1v) is 5.00. The van der Waals surface area contributed by atoms with Gasteiger partial charge in [0, 0.05) is 0 Å². The molecule has 4 aliphatic carbocycles. The second-order valence-corrected chi connectivity index (χ2v) is 5.04. The number of halogens is 2. The van der Waals surface area contributed by atoms with Gasteiger partial charge in [-0.3, -0.25) is 0 Å². The Labute approximate surface area is 71.3 Å². The molecule has 68 valence electrons. The molecule has 0 amide bonds. The van der Waals surface area contributed by atoms with Gasteiger partial charge in [0.1, 0.15) is 11.8 Å². The Morgan fingerprint density at radius 3 is 2.08 bits per heavy atom. The molecule has 4 rings (SSSR count). The van der Waals surface area contributed by atoms with Crippen LogP contribution < -0.4 is 0 Å². The molecular weight excluding hydrogens is 158 g/mol. The molecule has 0 aliphatic heterocycles. The van der Waals surface area contributed by atoms with Crippen LogP contribution in [0.1, 0.15) is 32.1 Å². The lowest BCUT2D eigenvalue weighted by atomic mass is 9.54. The maximum absolute atomic E-state index is 13.9. The summed E-state index contributed by atoms with van der Waals surface area (Å²) in [5.41, 5.74) is -1.41. The topological polar surface area (TPSA) is 0 Å². The van der Waals surface area contributed by atoms with E-state index in [-0.39, 0.29) is 5.92 Å². The number of hydrogen-bond acceptors (Lipinski definition) is 0. The maximum atomic E-state index is 13.9. The summed E-state index contributed by atoms with van der Waals surface area (Å²) in [5.74, 6) is 1.10. The molecule has 2 heteroatoms. The van der Waals surface area contributed by atoms with Gasteiger partial charge in [-0.1, -0.05) is 0 Å². The molecule has 0 spiro atoms. The zero-order chi connectivity index (χ0) is 8.34. The lowest BCUT2D eigenvalue weighted by Gasteiger charge is -2.54. The van der Waals surface area contributed by atoms with Crippen LogP contribution in [0.2, 0.25) is 0 Å². The summed E-state index contributed by atoms with van der Waals surface area (Å²) in [4.78, 5) is 0. The fourth-order valence-electron chi connectivity index (χ4n) is 3.88. The van der Waals surface area contributed by atoms with E-state index in [1.54, 1.807) is 0 Å². The van der Waals surface area contributed by atoms with Crippen LogP contribution in [0.15, 0.2) is 0 Å². The predicted molar refractivity (Wildman–Crippen MR) is 42.3 cm³/mol. The second kappa shape index (κ2) is 2.02. The van der Waals surface area contributed by atoms with Gasteiger partial charge in [-0.15, -0.1) is 0 Å². The highest BCUT2D eigenvalue weighted by Gasteiger charge is 2.58. The molecule has 0 aromatic rings. The summed E-state index contributed by atoms with van der Waals surface area (Å²) in [6.45, 7) is 0. The van der Waals surface area contributed by atoms with Crippen LogP contribution in [0.25, 0.3) is 0 Å². The van der Waals surface area contributed by atoms with Crippen molar-refractivity contribution < 1.29 is 8.78 Å². The highest BCUT2D eigenvalue weighted by atomic mass is 19.2. The van der Waals surface area contributed by atoms with Gasteiger partial charge in [0.05, 0.1) is 0 Å². The number of alkyl halides is 2. The van der Waals surface area contributed by atoms with E-state index in [4.69, 9.17) is 0 Å². The van der Waals surface area contributed by atoms with Crippen molar-refractivity contribution in [1.29, 1.82) is 0 Å². The fourth-order valence-corrected chi connectivity index (χ4v) is 3.88. The maximum Gasteiger partial charge on any atom is 0.142 e. The Morgan fingerprint density at radius 1 is 1.00 bits per heavy atom. The quantitative estimate of drug-likeness (QED) is 0.527. The van der Waals surface area contributed by atoms with Crippen LogP contribution in [0.3, 0.4) is 0 Å². The molecule has 0 aromatic heterocycles. The Hall–Kier alpha value is -0.140. The predicted octanol–water partition coefficient (Wildman–Crippen LogP) is 2.87. The number of rotatable bonds is 0. The molecule has 0 radical (unpaired) electrons. The third-order valence-electron chi connectivity index (χ3n) is 4.10. The van der Waals surface area contributed by atoms with Crippen molar-refractivity contribution in [3.63, 3.8) is 0 Å². The lowest BCUT2D eigenvalue weighted by Crippen LogP contribution is -2.56. The SMILES string of the molecule is F[C@H]1C2C[C@H]3C[C@H](C2)CC1(F)C3. The normalized spacial score (nSPS) is 62.5. The van der Waals surface area contributed by atoms with Crippen molar-refractivity contribution in [1.82, 2.24) is 0 Å². The van der Waals surface area contributed by atoms with Crippen molar-refractivity contribution in [3.05, 3.63) is 0 Å². The van der Waals surface area contributed by atoms with Gasteiger partial charge >= 0.3 is 0 Å². The molecule has 3 atom stereocenters. The molecule has 0 saturated heterocycles. The first kappa shape index (κ1) is 7.28. The minimum Gasteiger partial charge on any atom is -0.244 e. The number of hydrogen-bond donors (Lipinski definition) is 0. The summed E-state index contributed by atoms with van der Waals surface area (Å²) in [6, 6.07) is 0. The zero-order valence-corrected chi connectivity index (χ0v) is 7.10. The molecule has 0 aromatic carbocycles. The molecule has 4 bridgehead atoms. The van der Waals surface area contributed by atoms with Crippen LogP contribution in [-0.2, 0) is 0 Å². The molecule has 0 nitrogen and oxygen atoms in total. The largest absolute Gasteiger partial charge is 0.244 e. The molecule has 4 aliphatic rings. The van der Waals surface area contributed by atoms with E-state index in [0.29, 0.717) is 24.7 Å². The van der Waals surface area contributed by atoms with Crippen LogP contribution in [-0.4, -0.2) is 11.8 Å². The van der Waals surface area contributed by atoms with Crippen LogP contribution >= 0.6 is 0 Å². The van der Waals surface area contributed by atoms with E-state index < -0.39 is 11.8 Å². The third kappa shape index (κ3) is 0.763. The molecule has 4 fully saturated rings. The molecule has 0 heterocycles.